The molecular formula is C11H11F2NO. The van der Waals surface area contributed by atoms with Crippen LogP contribution < -0.4 is 5.32 Å². The number of hydrogen-bond acceptors (Lipinski definition) is 1. The molecule has 2 nitrogen and oxygen atoms in total. The van der Waals surface area contributed by atoms with Crippen LogP contribution in [0.25, 0.3) is 0 Å². The average molecular weight is 211 g/mol. The number of rotatable bonds is 2. The standard InChI is InChI=1S/C11H11F2NO/c1-7-3-2-4-8(5-7)14-10(15)9-6-11(9,12)13/h2-5,9H,6H2,1H3,(H,14,15). The van der Waals surface area contributed by atoms with E-state index in [9.17, 15) is 13.6 Å². The number of hydrogen-bond donors (Lipinski definition) is 1. The third-order valence-electron chi connectivity index (χ3n) is 2.43. The second kappa shape index (κ2) is 3.29. The number of halogens is 2. The van der Waals surface area contributed by atoms with Gasteiger partial charge in [-0.25, -0.2) is 8.78 Å². The van der Waals surface area contributed by atoms with Crippen molar-refractivity contribution in [2.45, 2.75) is 19.3 Å². The maximum absolute atomic E-state index is 12.6. The highest BCUT2D eigenvalue weighted by molar-refractivity contribution is 5.95. The first-order chi connectivity index (χ1) is 6.99. The number of anilines is 1. The quantitative estimate of drug-likeness (QED) is 0.800. The Kier molecular flexibility index (Phi) is 2.21. The molecule has 0 saturated heterocycles. The molecule has 1 saturated carbocycles. The van der Waals surface area contributed by atoms with Gasteiger partial charge in [0, 0.05) is 12.1 Å². The van der Waals surface area contributed by atoms with Crippen molar-refractivity contribution >= 4 is 11.6 Å². The summed E-state index contributed by atoms with van der Waals surface area (Å²) in [6.45, 7) is 1.88. The van der Waals surface area contributed by atoms with Crippen LogP contribution in [0.1, 0.15) is 12.0 Å². The topological polar surface area (TPSA) is 29.1 Å². The number of benzene rings is 1. The highest BCUT2D eigenvalue weighted by Gasteiger charge is 2.61. The Morgan fingerprint density at radius 2 is 2.20 bits per heavy atom. The molecule has 1 N–H and O–H groups in total. The molecule has 1 fully saturated rings. The van der Waals surface area contributed by atoms with Gasteiger partial charge in [-0.3, -0.25) is 4.79 Å². The van der Waals surface area contributed by atoms with Crippen molar-refractivity contribution in [2.75, 3.05) is 5.32 Å². The summed E-state index contributed by atoms with van der Waals surface area (Å²) in [6, 6.07) is 7.08. The predicted octanol–water partition coefficient (Wildman–Crippen LogP) is 2.59. The first kappa shape index (κ1) is 10.1. The van der Waals surface area contributed by atoms with E-state index in [-0.39, 0.29) is 6.42 Å². The predicted molar refractivity (Wildman–Crippen MR) is 52.9 cm³/mol. The van der Waals surface area contributed by atoms with Crippen LogP contribution in [0.15, 0.2) is 24.3 Å². The van der Waals surface area contributed by atoms with Crippen LogP contribution in [-0.4, -0.2) is 11.8 Å². The minimum Gasteiger partial charge on any atom is -0.326 e. The zero-order valence-corrected chi connectivity index (χ0v) is 8.26. The lowest BCUT2D eigenvalue weighted by atomic mass is 10.2. The van der Waals surface area contributed by atoms with Gasteiger partial charge in [0.25, 0.3) is 5.92 Å². The van der Waals surface area contributed by atoms with Crippen molar-refractivity contribution in [3.63, 3.8) is 0 Å². The van der Waals surface area contributed by atoms with Crippen LogP contribution in [-0.2, 0) is 4.79 Å². The van der Waals surface area contributed by atoms with E-state index in [2.05, 4.69) is 5.32 Å². The maximum atomic E-state index is 12.6. The summed E-state index contributed by atoms with van der Waals surface area (Å²) in [6.07, 6.45) is -0.329. The summed E-state index contributed by atoms with van der Waals surface area (Å²) < 4.78 is 25.1. The van der Waals surface area contributed by atoms with Crippen molar-refractivity contribution in [2.24, 2.45) is 5.92 Å². The summed E-state index contributed by atoms with van der Waals surface area (Å²) in [4.78, 5) is 11.3. The number of nitrogens with one attached hydrogen (secondary N) is 1. The Morgan fingerprint density at radius 1 is 1.53 bits per heavy atom. The van der Waals surface area contributed by atoms with Crippen molar-refractivity contribution in [1.29, 1.82) is 0 Å². The fraction of sp³-hybridized carbons (Fsp3) is 0.364. The largest absolute Gasteiger partial charge is 0.326 e. The van der Waals surface area contributed by atoms with Gasteiger partial charge in [0.05, 0.1) is 0 Å². The molecule has 0 spiro atoms. The smallest absolute Gasteiger partial charge is 0.260 e. The van der Waals surface area contributed by atoms with Gasteiger partial charge in [-0.2, -0.15) is 0 Å². The third kappa shape index (κ3) is 2.14. The molecular weight excluding hydrogens is 200 g/mol. The number of alkyl halides is 2. The van der Waals surface area contributed by atoms with E-state index in [1.807, 2.05) is 13.0 Å². The molecule has 4 heteroatoms. The van der Waals surface area contributed by atoms with Crippen LogP contribution in [0.3, 0.4) is 0 Å². The van der Waals surface area contributed by atoms with Crippen LogP contribution in [0.5, 0.6) is 0 Å². The molecule has 1 aromatic rings. The molecule has 1 atom stereocenters. The van der Waals surface area contributed by atoms with Crippen LogP contribution >= 0.6 is 0 Å². The van der Waals surface area contributed by atoms with Crippen molar-refractivity contribution in [3.05, 3.63) is 29.8 Å². The van der Waals surface area contributed by atoms with Crippen molar-refractivity contribution < 1.29 is 13.6 Å². The lowest BCUT2D eigenvalue weighted by Crippen LogP contribution is -2.17. The van der Waals surface area contributed by atoms with E-state index in [0.717, 1.165) is 5.56 Å². The van der Waals surface area contributed by atoms with Crippen LogP contribution in [0.2, 0.25) is 0 Å². The first-order valence-corrected chi connectivity index (χ1v) is 4.74. The van der Waals surface area contributed by atoms with Crippen LogP contribution in [0.4, 0.5) is 14.5 Å². The van der Waals surface area contributed by atoms with E-state index in [1.165, 1.54) is 0 Å². The van der Waals surface area contributed by atoms with E-state index >= 15 is 0 Å². The SMILES string of the molecule is Cc1cccc(NC(=O)C2CC2(F)F)c1. The zero-order chi connectivity index (χ0) is 11.1. The summed E-state index contributed by atoms with van der Waals surface area (Å²) in [5.74, 6) is -4.53. The minimum atomic E-state index is -2.80. The van der Waals surface area contributed by atoms with Crippen molar-refractivity contribution in [3.8, 4) is 0 Å². The Hall–Kier alpha value is -1.45. The fourth-order valence-electron chi connectivity index (χ4n) is 1.45. The minimum absolute atomic E-state index is 0.329. The molecule has 1 aliphatic carbocycles. The molecule has 1 aromatic carbocycles. The molecule has 15 heavy (non-hydrogen) atoms. The molecule has 1 unspecified atom stereocenters. The lowest BCUT2D eigenvalue weighted by molar-refractivity contribution is -0.119. The number of carbonyl (C=O) groups excluding carboxylic acids is 1. The average Bonchev–Trinajstić information content (AvgIpc) is 2.75. The van der Waals surface area contributed by atoms with Gasteiger partial charge in [-0.15, -0.1) is 0 Å². The Labute approximate surface area is 86.3 Å². The number of aryl methyl sites for hydroxylation is 1. The Morgan fingerprint density at radius 3 is 2.73 bits per heavy atom. The molecule has 0 bridgehead atoms. The van der Waals surface area contributed by atoms with Gasteiger partial charge in [0.1, 0.15) is 5.92 Å². The first-order valence-electron chi connectivity index (χ1n) is 4.74. The summed E-state index contributed by atoms with van der Waals surface area (Å²) in [5.41, 5.74) is 1.55. The number of carbonyl (C=O) groups is 1. The lowest BCUT2D eigenvalue weighted by Gasteiger charge is -2.04. The van der Waals surface area contributed by atoms with Gasteiger partial charge < -0.3 is 5.32 Å². The molecule has 80 valence electrons. The van der Waals surface area contributed by atoms with Crippen LogP contribution in [0, 0.1) is 12.8 Å². The van der Waals surface area contributed by atoms with E-state index in [0.29, 0.717) is 5.69 Å². The molecule has 0 aromatic heterocycles. The van der Waals surface area contributed by atoms with Gasteiger partial charge in [0.15, 0.2) is 0 Å². The second-order valence-electron chi connectivity index (χ2n) is 3.88. The van der Waals surface area contributed by atoms with Gasteiger partial charge in [-0.05, 0) is 24.6 Å². The molecule has 1 aliphatic rings. The highest BCUT2D eigenvalue weighted by atomic mass is 19.3. The Bertz CT molecular complexity index is 403. The summed E-state index contributed by atoms with van der Waals surface area (Å²) in [7, 11) is 0. The molecule has 0 aliphatic heterocycles. The van der Waals surface area contributed by atoms with E-state index < -0.39 is 17.7 Å². The molecule has 0 heterocycles. The highest BCUT2D eigenvalue weighted by Crippen LogP contribution is 2.49. The third-order valence-corrected chi connectivity index (χ3v) is 2.43. The zero-order valence-electron chi connectivity index (χ0n) is 8.26. The van der Waals surface area contributed by atoms with Gasteiger partial charge >= 0.3 is 0 Å². The van der Waals surface area contributed by atoms with Gasteiger partial charge in [0.2, 0.25) is 5.91 Å². The monoisotopic (exact) mass is 211 g/mol. The van der Waals surface area contributed by atoms with Gasteiger partial charge in [-0.1, -0.05) is 12.1 Å². The maximum Gasteiger partial charge on any atom is 0.260 e. The normalized spacial score (nSPS) is 22.2. The summed E-state index contributed by atoms with van der Waals surface area (Å²) in [5, 5.41) is 2.48. The number of amides is 1. The van der Waals surface area contributed by atoms with E-state index in [1.54, 1.807) is 18.2 Å². The fourth-order valence-corrected chi connectivity index (χ4v) is 1.45. The Balaban J connectivity index is 2.01. The molecule has 2 rings (SSSR count). The van der Waals surface area contributed by atoms with Crippen molar-refractivity contribution in [1.82, 2.24) is 0 Å². The second-order valence-corrected chi connectivity index (χ2v) is 3.88. The molecule has 0 radical (unpaired) electrons. The molecule has 1 amide bonds. The summed E-state index contributed by atoms with van der Waals surface area (Å²) >= 11 is 0. The van der Waals surface area contributed by atoms with E-state index in [4.69, 9.17) is 0 Å².